The van der Waals surface area contributed by atoms with E-state index in [2.05, 4.69) is 56.7 Å². The first-order chi connectivity index (χ1) is 19.4. The Labute approximate surface area is 254 Å². The van der Waals surface area contributed by atoms with Crippen LogP contribution in [0.2, 0.25) is 0 Å². The molecule has 0 amide bonds. The third-order valence-corrected chi connectivity index (χ3v) is 9.28. The normalized spacial score (nSPS) is 16.0. The molecule has 0 saturated heterocycles. The highest BCUT2D eigenvalue weighted by atomic mass is 31.3. The lowest BCUT2D eigenvalue weighted by molar-refractivity contribution is 0.187. The second-order valence-electron chi connectivity index (χ2n) is 10.0. The molecule has 0 heterocycles. The van der Waals surface area contributed by atoms with E-state index in [1.165, 1.54) is 16.7 Å². The highest BCUT2D eigenvalue weighted by Crippen LogP contribution is 2.58. The van der Waals surface area contributed by atoms with E-state index in [1.807, 2.05) is 27.7 Å². The van der Waals surface area contributed by atoms with Crippen LogP contribution in [0.4, 0.5) is 0 Å². The number of allylic oxidation sites excluding steroid dienone is 8. The van der Waals surface area contributed by atoms with Gasteiger partial charge in [-0.15, -0.1) is 0 Å². The topological polar surface area (TPSA) is 227 Å². The third kappa shape index (κ3) is 33.9. The molecule has 2 unspecified atom stereocenters. The lowest BCUT2D eigenvalue weighted by Gasteiger charge is -2.11. The average molecular weight is 697 g/mol. The zero-order valence-corrected chi connectivity index (χ0v) is 29.4. The van der Waals surface area contributed by atoms with E-state index in [0.717, 1.165) is 49.7 Å². The number of hydrogen-bond acceptors (Lipinski definition) is 8. The molecule has 2 atom stereocenters. The van der Waals surface area contributed by atoms with Crippen LogP contribution >= 0.6 is 31.3 Å². The smallest absolute Gasteiger partial charge is 0.302 e. The summed E-state index contributed by atoms with van der Waals surface area (Å²) in [6, 6.07) is 0. The predicted molar refractivity (Wildman–Crippen MR) is 166 cm³/mol. The second kappa shape index (κ2) is 21.9. The Morgan fingerprint density at radius 1 is 0.488 bits per heavy atom. The van der Waals surface area contributed by atoms with Gasteiger partial charge in [0.15, 0.2) is 0 Å². The Morgan fingerprint density at radius 2 is 0.767 bits per heavy atom. The molecular formula is C25H48O14P4. The summed E-state index contributed by atoms with van der Waals surface area (Å²) in [5.41, 5.74) is 5.71. The fourth-order valence-corrected chi connectivity index (χ4v) is 5.95. The van der Waals surface area contributed by atoms with Crippen molar-refractivity contribution in [3.05, 3.63) is 58.2 Å². The van der Waals surface area contributed by atoms with Gasteiger partial charge in [-0.3, -0.25) is 9.05 Å². The number of rotatable bonds is 19. The van der Waals surface area contributed by atoms with E-state index >= 15 is 0 Å². The summed E-state index contributed by atoms with van der Waals surface area (Å²) >= 11 is 0. The fraction of sp³-hybridized carbons (Fsp3) is 0.600. The van der Waals surface area contributed by atoms with Gasteiger partial charge >= 0.3 is 31.3 Å². The van der Waals surface area contributed by atoms with Gasteiger partial charge in [-0.2, -0.15) is 8.62 Å². The van der Waals surface area contributed by atoms with Crippen molar-refractivity contribution in [1.29, 1.82) is 0 Å². The minimum Gasteiger partial charge on any atom is -0.302 e. The maximum atomic E-state index is 11.2. The van der Waals surface area contributed by atoms with Crippen molar-refractivity contribution in [3.8, 4) is 0 Å². The fourth-order valence-electron chi connectivity index (χ4n) is 2.89. The molecule has 6 N–H and O–H groups in total. The Morgan fingerprint density at radius 3 is 1.05 bits per heavy atom. The Bertz CT molecular complexity index is 1180. The molecule has 0 saturated carbocycles. The van der Waals surface area contributed by atoms with Crippen LogP contribution in [0.3, 0.4) is 0 Å². The molecule has 18 heteroatoms. The molecular weight excluding hydrogens is 648 g/mol. The quantitative estimate of drug-likeness (QED) is 0.0567. The van der Waals surface area contributed by atoms with Crippen molar-refractivity contribution in [3.63, 3.8) is 0 Å². The largest absolute Gasteiger partial charge is 0.481 e. The molecule has 0 rings (SSSR count). The van der Waals surface area contributed by atoms with Gasteiger partial charge in [0.25, 0.3) is 0 Å². The Hall–Kier alpha value is -0.780. The van der Waals surface area contributed by atoms with E-state index in [4.69, 9.17) is 29.4 Å². The summed E-state index contributed by atoms with van der Waals surface area (Å²) in [4.78, 5) is 51.8. The molecule has 0 aromatic rings. The van der Waals surface area contributed by atoms with Gasteiger partial charge in [0.1, 0.15) is 0 Å². The molecule has 0 aliphatic heterocycles. The van der Waals surface area contributed by atoms with Crippen LogP contribution in [0.25, 0.3) is 0 Å². The molecule has 0 aromatic heterocycles. The van der Waals surface area contributed by atoms with Crippen LogP contribution in [0.5, 0.6) is 0 Å². The lowest BCUT2D eigenvalue weighted by atomic mass is 10.1. The standard InChI is InChI=1S/C15H28O7P2.C10H20O7P2/c1-13(2)7-5-8-14(3)9-6-10-15(4)11-12-21-24(19,20)22-23(16,17)18;1-9(2)5-4-6-10(3)7-8-16-19(14,15)17-18(11,12)13/h7,9,11H,5-6,8,10,12H2,1-4H3,(H,19,20)(H2,16,17,18);5,7H,4,6,8H2,1-3H3,(H,14,15)(H2,11,12,13)/b;10-7+. The van der Waals surface area contributed by atoms with Crippen LogP contribution in [-0.4, -0.2) is 42.6 Å². The number of phosphoric ester groups is 2. The summed E-state index contributed by atoms with van der Waals surface area (Å²) < 4.78 is 59.4. The van der Waals surface area contributed by atoms with Crippen LogP contribution in [-0.2, 0) is 35.9 Å². The van der Waals surface area contributed by atoms with Crippen molar-refractivity contribution < 1.29 is 65.3 Å². The lowest BCUT2D eigenvalue weighted by Crippen LogP contribution is -1.94. The van der Waals surface area contributed by atoms with E-state index in [-0.39, 0.29) is 13.2 Å². The first-order valence-electron chi connectivity index (χ1n) is 13.1. The van der Waals surface area contributed by atoms with Crippen molar-refractivity contribution in [2.24, 2.45) is 0 Å². The van der Waals surface area contributed by atoms with Gasteiger partial charge in [-0.05, 0) is 87.0 Å². The number of phosphoric acid groups is 4. The Balaban J connectivity index is 0. The molecule has 0 aliphatic carbocycles. The van der Waals surface area contributed by atoms with Crippen molar-refractivity contribution in [1.82, 2.24) is 0 Å². The van der Waals surface area contributed by atoms with Crippen molar-refractivity contribution >= 4 is 31.3 Å². The molecule has 0 aliphatic rings. The maximum absolute atomic E-state index is 11.2. The van der Waals surface area contributed by atoms with Gasteiger partial charge in [0.05, 0.1) is 13.2 Å². The zero-order valence-electron chi connectivity index (χ0n) is 25.8. The highest BCUT2D eigenvalue weighted by Gasteiger charge is 2.32. The molecule has 0 radical (unpaired) electrons. The van der Waals surface area contributed by atoms with Crippen LogP contribution in [0, 0.1) is 0 Å². The SMILES string of the molecule is CC(C)=CCC/C(C)=C/COP(=O)(O)OP(=O)(O)O.CC(C)=CCCC(C)=CCCC(C)=CCOP(=O)(O)OP(=O)(O)O. The molecule has 0 bridgehead atoms. The zero-order chi connectivity index (χ0) is 33.9. The molecule has 14 nitrogen and oxygen atoms in total. The summed E-state index contributed by atoms with van der Waals surface area (Å²) in [6.07, 6.45) is 14.8. The second-order valence-corrected chi connectivity index (χ2v) is 15.7. The van der Waals surface area contributed by atoms with E-state index in [0.29, 0.717) is 0 Å². The van der Waals surface area contributed by atoms with Crippen molar-refractivity contribution in [2.45, 2.75) is 87.0 Å². The third-order valence-electron chi connectivity index (χ3n) is 4.97. The summed E-state index contributed by atoms with van der Waals surface area (Å²) in [6.45, 7) is 13.4. The van der Waals surface area contributed by atoms with Gasteiger partial charge in [0, 0.05) is 0 Å². The highest BCUT2D eigenvalue weighted by molar-refractivity contribution is 7.61. The molecule has 0 fully saturated rings. The number of hydrogen-bond donors (Lipinski definition) is 6. The molecule has 43 heavy (non-hydrogen) atoms. The molecule has 252 valence electrons. The van der Waals surface area contributed by atoms with Gasteiger partial charge in [0.2, 0.25) is 0 Å². The molecule has 0 aromatic carbocycles. The van der Waals surface area contributed by atoms with E-state index in [9.17, 15) is 18.3 Å². The van der Waals surface area contributed by atoms with E-state index in [1.54, 1.807) is 12.2 Å². The first kappa shape index (κ1) is 44.3. The minimum atomic E-state index is -5.07. The van der Waals surface area contributed by atoms with Gasteiger partial charge in [-0.1, -0.05) is 58.2 Å². The first-order valence-corrected chi connectivity index (χ1v) is 19.2. The molecule has 0 spiro atoms. The van der Waals surface area contributed by atoms with Gasteiger partial charge in [-0.25, -0.2) is 18.3 Å². The van der Waals surface area contributed by atoms with Crippen LogP contribution in [0.1, 0.15) is 87.0 Å². The monoisotopic (exact) mass is 696 g/mol. The predicted octanol–water partition coefficient (Wildman–Crippen LogP) is 7.54. The average Bonchev–Trinajstić information content (AvgIpc) is 2.75. The van der Waals surface area contributed by atoms with E-state index < -0.39 is 31.3 Å². The summed E-state index contributed by atoms with van der Waals surface area (Å²) in [5, 5.41) is 0. The Kier molecular flexibility index (Phi) is 22.6. The van der Waals surface area contributed by atoms with Crippen LogP contribution in [0.15, 0.2) is 58.2 Å². The van der Waals surface area contributed by atoms with Crippen LogP contribution < -0.4 is 0 Å². The van der Waals surface area contributed by atoms with Gasteiger partial charge < -0.3 is 29.4 Å². The summed E-state index contributed by atoms with van der Waals surface area (Å²) in [7, 11) is -19.6. The minimum absolute atomic E-state index is 0.256. The summed E-state index contributed by atoms with van der Waals surface area (Å²) in [5.74, 6) is 0. The van der Waals surface area contributed by atoms with Crippen molar-refractivity contribution in [2.75, 3.05) is 13.2 Å². The maximum Gasteiger partial charge on any atom is 0.481 e.